The van der Waals surface area contributed by atoms with Crippen molar-refractivity contribution in [1.29, 1.82) is 0 Å². The molecule has 13 nitrogen and oxygen atoms in total. The lowest BCUT2D eigenvalue weighted by Gasteiger charge is -2.14. The van der Waals surface area contributed by atoms with Crippen LogP contribution in [0.4, 0.5) is 5.82 Å². The molecule has 0 aliphatic heterocycles. The van der Waals surface area contributed by atoms with Gasteiger partial charge in [-0.05, 0) is 60.0 Å². The monoisotopic (exact) mass is 623 g/mol. The molecule has 1 amide bonds. The van der Waals surface area contributed by atoms with Gasteiger partial charge in [0, 0.05) is 29.6 Å². The number of nitrogens with zero attached hydrogens (tertiary/aromatic N) is 3. The highest BCUT2D eigenvalue weighted by Crippen LogP contribution is 2.40. The number of anilines is 1. The minimum absolute atomic E-state index is 0.0924. The van der Waals surface area contributed by atoms with Crippen molar-refractivity contribution >= 4 is 48.6 Å². The van der Waals surface area contributed by atoms with Crippen LogP contribution in [-0.2, 0) is 15.6 Å². The van der Waals surface area contributed by atoms with E-state index in [0.29, 0.717) is 39.4 Å². The topological polar surface area (TPSA) is 210 Å². The fraction of sp³-hybridized carbons (Fsp3) is 0.107. The predicted molar refractivity (Wildman–Crippen MR) is 161 cm³/mol. The maximum absolute atomic E-state index is 13.0. The molecule has 0 aliphatic carbocycles. The van der Waals surface area contributed by atoms with Gasteiger partial charge < -0.3 is 39.9 Å². The summed E-state index contributed by atoms with van der Waals surface area (Å²) in [7, 11) is -8.29. The molecule has 0 atom stereocenters. The third-order valence-corrected chi connectivity index (χ3v) is 8.94. The second-order valence-corrected chi connectivity index (χ2v) is 12.7. The van der Waals surface area contributed by atoms with Crippen molar-refractivity contribution in [2.45, 2.75) is 6.42 Å². The molecule has 7 N–H and O–H groups in total. The molecule has 2 heterocycles. The Kier molecular flexibility index (Phi) is 8.22. The van der Waals surface area contributed by atoms with Gasteiger partial charge in [-0.25, -0.2) is 9.97 Å². The van der Waals surface area contributed by atoms with Crippen LogP contribution in [0.25, 0.3) is 27.8 Å². The highest BCUT2D eigenvalue weighted by Gasteiger charge is 2.30. The molecule has 0 spiro atoms. The van der Waals surface area contributed by atoms with E-state index in [1.54, 1.807) is 25.3 Å². The van der Waals surface area contributed by atoms with Crippen molar-refractivity contribution in [2.75, 3.05) is 19.4 Å². The van der Waals surface area contributed by atoms with Crippen LogP contribution in [0.15, 0.2) is 79.3 Å². The Balaban J connectivity index is 1.39. The Morgan fingerprint density at radius 3 is 2.42 bits per heavy atom. The SMILES string of the molecule is COc1cccc(-c2cn(-c3cccc(C(=O)NCCc4ccc(P(=O)(O)O)c(P(=O)(O)O)c4)c3)c3ncnc(N)c23)c1. The van der Waals surface area contributed by atoms with Gasteiger partial charge in [0.05, 0.1) is 23.1 Å². The number of ether oxygens (including phenoxy) is 1. The van der Waals surface area contributed by atoms with E-state index in [1.807, 2.05) is 41.1 Å². The van der Waals surface area contributed by atoms with Gasteiger partial charge in [0.1, 0.15) is 17.9 Å². The third-order valence-electron chi connectivity index (χ3n) is 6.75. The highest BCUT2D eigenvalue weighted by atomic mass is 31.2. The van der Waals surface area contributed by atoms with Crippen LogP contribution in [0.3, 0.4) is 0 Å². The van der Waals surface area contributed by atoms with Crippen molar-refractivity contribution in [3.63, 3.8) is 0 Å². The molecule has 2 aromatic heterocycles. The van der Waals surface area contributed by atoms with E-state index < -0.39 is 31.7 Å². The van der Waals surface area contributed by atoms with Crippen LogP contribution < -0.4 is 26.4 Å². The molecule has 0 fully saturated rings. The molecule has 43 heavy (non-hydrogen) atoms. The zero-order valence-electron chi connectivity index (χ0n) is 22.7. The molecular formula is C28H27N5O8P2. The normalized spacial score (nSPS) is 11.9. The average molecular weight is 623 g/mol. The molecule has 0 saturated carbocycles. The average Bonchev–Trinajstić information content (AvgIpc) is 3.37. The first-order valence-corrected chi connectivity index (χ1v) is 16.0. The minimum atomic E-state index is -4.96. The van der Waals surface area contributed by atoms with Crippen molar-refractivity contribution < 1.29 is 38.2 Å². The van der Waals surface area contributed by atoms with Gasteiger partial charge in [0.15, 0.2) is 5.65 Å². The molecule has 0 radical (unpaired) electrons. The first-order chi connectivity index (χ1) is 20.4. The lowest BCUT2D eigenvalue weighted by molar-refractivity contribution is 0.0954. The van der Waals surface area contributed by atoms with Gasteiger partial charge in [-0.2, -0.15) is 0 Å². The third kappa shape index (κ3) is 6.37. The van der Waals surface area contributed by atoms with Crippen molar-refractivity contribution in [1.82, 2.24) is 19.9 Å². The molecule has 5 aromatic rings. The summed E-state index contributed by atoms with van der Waals surface area (Å²) in [5.41, 5.74) is 9.79. The molecular weight excluding hydrogens is 596 g/mol. The van der Waals surface area contributed by atoms with Gasteiger partial charge in [-0.1, -0.05) is 24.3 Å². The van der Waals surface area contributed by atoms with Crippen molar-refractivity contribution in [2.24, 2.45) is 0 Å². The Labute approximate surface area is 245 Å². The molecule has 5 rings (SSSR count). The first kappa shape index (κ1) is 30.1. The number of methoxy groups -OCH3 is 1. The molecule has 222 valence electrons. The van der Waals surface area contributed by atoms with E-state index in [4.69, 9.17) is 10.5 Å². The molecule has 15 heteroatoms. The molecule has 3 aromatic carbocycles. The number of fused-ring (bicyclic) bond motifs is 1. The number of benzene rings is 3. The standard InChI is InChI=1S/C28H27N5O8P2/c1-41-21-7-3-4-18(14-21)22-15-33(27-25(22)26(29)31-16-32-27)20-6-2-5-19(13-20)28(34)30-11-10-17-8-9-23(42(35,36)37)24(12-17)43(38,39)40/h2-9,12-16H,10-11H2,1H3,(H,30,34)(H2,29,31,32)(H2,35,36,37)(H2,38,39,40). The number of carbonyl (C=O) groups excluding carboxylic acids is 1. The Bertz CT molecular complexity index is 1950. The van der Waals surface area contributed by atoms with Crippen LogP contribution in [0.1, 0.15) is 15.9 Å². The van der Waals surface area contributed by atoms with Gasteiger partial charge in [-0.3, -0.25) is 13.9 Å². The summed E-state index contributed by atoms with van der Waals surface area (Å²) in [6.45, 7) is 0.0924. The summed E-state index contributed by atoms with van der Waals surface area (Å²) in [6, 6.07) is 17.7. The van der Waals surface area contributed by atoms with E-state index in [9.17, 15) is 33.5 Å². The summed E-state index contributed by atoms with van der Waals surface area (Å²) < 4.78 is 30.7. The number of nitrogens with one attached hydrogen (secondary N) is 1. The number of rotatable bonds is 9. The molecule has 0 aliphatic rings. The van der Waals surface area contributed by atoms with Crippen LogP contribution in [0, 0.1) is 0 Å². The predicted octanol–water partition coefficient (Wildman–Crippen LogP) is 2.26. The summed E-state index contributed by atoms with van der Waals surface area (Å²) in [4.78, 5) is 59.7. The van der Waals surface area contributed by atoms with E-state index >= 15 is 0 Å². The maximum Gasteiger partial charge on any atom is 0.357 e. The summed E-state index contributed by atoms with van der Waals surface area (Å²) in [5.74, 6) is 0.567. The number of hydrogen-bond acceptors (Lipinski definition) is 7. The van der Waals surface area contributed by atoms with Crippen molar-refractivity contribution in [3.8, 4) is 22.6 Å². The van der Waals surface area contributed by atoms with Crippen LogP contribution in [-0.4, -0.2) is 53.7 Å². The minimum Gasteiger partial charge on any atom is -0.497 e. The highest BCUT2D eigenvalue weighted by molar-refractivity contribution is 7.67. The Morgan fingerprint density at radius 2 is 1.70 bits per heavy atom. The number of nitrogens with two attached hydrogens (primary N) is 1. The van der Waals surface area contributed by atoms with E-state index in [0.717, 1.165) is 23.3 Å². The zero-order valence-corrected chi connectivity index (χ0v) is 24.4. The lowest BCUT2D eigenvalue weighted by atomic mass is 10.1. The number of aromatic nitrogens is 3. The fourth-order valence-corrected chi connectivity index (χ4v) is 6.84. The number of nitrogen functional groups attached to an aromatic ring is 1. The van der Waals surface area contributed by atoms with Gasteiger partial charge >= 0.3 is 15.2 Å². The van der Waals surface area contributed by atoms with E-state index in [-0.39, 0.29) is 13.0 Å². The summed E-state index contributed by atoms with van der Waals surface area (Å²) >= 11 is 0. The van der Waals surface area contributed by atoms with Crippen LogP contribution in [0.5, 0.6) is 5.75 Å². The zero-order chi connectivity index (χ0) is 30.9. The van der Waals surface area contributed by atoms with Crippen molar-refractivity contribution in [3.05, 3.63) is 90.4 Å². The van der Waals surface area contributed by atoms with E-state index in [1.165, 1.54) is 12.4 Å². The molecule has 0 unspecified atom stereocenters. The second kappa shape index (κ2) is 11.7. The first-order valence-electron chi connectivity index (χ1n) is 12.8. The number of amides is 1. The van der Waals surface area contributed by atoms with Gasteiger partial charge in [-0.15, -0.1) is 0 Å². The second-order valence-electron chi connectivity index (χ2n) is 9.57. The number of carbonyl (C=O) groups is 1. The van der Waals surface area contributed by atoms with Gasteiger partial charge in [0.25, 0.3) is 5.91 Å². The van der Waals surface area contributed by atoms with Gasteiger partial charge in [0.2, 0.25) is 0 Å². The quantitative estimate of drug-likeness (QED) is 0.131. The largest absolute Gasteiger partial charge is 0.497 e. The summed E-state index contributed by atoms with van der Waals surface area (Å²) in [6.07, 6.45) is 3.38. The molecule has 0 saturated heterocycles. The number of hydrogen-bond donors (Lipinski definition) is 6. The Morgan fingerprint density at radius 1 is 0.953 bits per heavy atom. The van der Waals surface area contributed by atoms with E-state index in [2.05, 4.69) is 15.3 Å². The Hall–Kier alpha value is -4.35. The lowest BCUT2D eigenvalue weighted by Crippen LogP contribution is -2.28. The fourth-order valence-electron chi connectivity index (χ4n) is 4.72. The van der Waals surface area contributed by atoms with Crippen LogP contribution in [0.2, 0.25) is 0 Å². The van der Waals surface area contributed by atoms with Crippen LogP contribution >= 0.6 is 15.2 Å². The summed E-state index contributed by atoms with van der Waals surface area (Å²) in [5, 5.41) is 1.93. The smallest absolute Gasteiger partial charge is 0.357 e. The molecule has 0 bridgehead atoms. The maximum atomic E-state index is 13.0.